The van der Waals surface area contributed by atoms with Gasteiger partial charge in [0.2, 0.25) is 5.95 Å². The molecule has 0 amide bonds. The number of nitrogen functional groups attached to an aromatic ring is 2. The molecule has 0 aromatic carbocycles. The molecule has 0 bridgehead atoms. The molecule has 3 heterocycles. The number of hydrogen-bond acceptors (Lipinski definition) is 7. The molecule has 0 saturated heterocycles. The molecule has 4 N–H and O–H groups in total. The second kappa shape index (κ2) is 6.27. The molecule has 7 nitrogen and oxygen atoms in total. The van der Waals surface area contributed by atoms with E-state index >= 15 is 0 Å². The van der Waals surface area contributed by atoms with Crippen LogP contribution < -0.4 is 11.5 Å². The summed E-state index contributed by atoms with van der Waals surface area (Å²) in [6, 6.07) is 3.96. The highest BCUT2D eigenvalue weighted by molar-refractivity contribution is 5.85. The Morgan fingerprint density at radius 2 is 1.71 bits per heavy atom. The van der Waals surface area contributed by atoms with Crippen molar-refractivity contribution in [2.45, 2.75) is 12.8 Å². The van der Waals surface area contributed by atoms with Gasteiger partial charge < -0.3 is 11.5 Å². The third-order valence-corrected chi connectivity index (χ3v) is 2.92. The predicted octanol–water partition coefficient (Wildman–Crippen LogP) is 1.19. The second-order valence-corrected chi connectivity index (χ2v) is 4.36. The Kier molecular flexibility index (Phi) is 4.44. The number of nitrogens with two attached hydrogens (primary N) is 2. The fourth-order valence-electron chi connectivity index (χ4n) is 1.93. The standard InChI is InChI=1S/C13H13N7.ClH/c14-11-10-12(20-13(15)19-11)17-7-9(18-10)2-1-8-3-5-16-6-4-8;/h3-7H,1-2H2,(H4,14,15,17,19,20);1H. The van der Waals surface area contributed by atoms with Gasteiger partial charge in [-0.2, -0.15) is 9.97 Å². The number of pyridine rings is 1. The zero-order valence-electron chi connectivity index (χ0n) is 11.1. The van der Waals surface area contributed by atoms with Gasteiger partial charge in [0.15, 0.2) is 17.0 Å². The van der Waals surface area contributed by atoms with Crippen LogP contribution in [0.4, 0.5) is 11.8 Å². The van der Waals surface area contributed by atoms with Crippen molar-refractivity contribution >= 4 is 35.3 Å². The number of halogens is 1. The number of aryl methyl sites for hydroxylation is 2. The van der Waals surface area contributed by atoms with Crippen LogP contribution in [0, 0.1) is 0 Å². The van der Waals surface area contributed by atoms with Crippen molar-refractivity contribution in [3.05, 3.63) is 42.0 Å². The van der Waals surface area contributed by atoms with Crippen molar-refractivity contribution in [2.75, 3.05) is 11.5 Å². The lowest BCUT2D eigenvalue weighted by atomic mass is 10.1. The van der Waals surface area contributed by atoms with Gasteiger partial charge in [0.25, 0.3) is 0 Å². The van der Waals surface area contributed by atoms with E-state index in [9.17, 15) is 0 Å². The van der Waals surface area contributed by atoms with Crippen LogP contribution in [-0.2, 0) is 12.8 Å². The highest BCUT2D eigenvalue weighted by Gasteiger charge is 2.07. The third-order valence-electron chi connectivity index (χ3n) is 2.92. The molecule has 0 unspecified atom stereocenters. The van der Waals surface area contributed by atoms with Crippen LogP contribution in [0.3, 0.4) is 0 Å². The maximum atomic E-state index is 5.79. The summed E-state index contributed by atoms with van der Waals surface area (Å²) in [5.41, 5.74) is 14.3. The van der Waals surface area contributed by atoms with Crippen LogP contribution in [0.2, 0.25) is 0 Å². The van der Waals surface area contributed by atoms with Crippen molar-refractivity contribution < 1.29 is 0 Å². The maximum Gasteiger partial charge on any atom is 0.224 e. The van der Waals surface area contributed by atoms with Crippen molar-refractivity contribution in [3.63, 3.8) is 0 Å². The topological polar surface area (TPSA) is 116 Å². The van der Waals surface area contributed by atoms with E-state index in [0.717, 1.165) is 18.5 Å². The molecular formula is C13H14ClN7. The average molecular weight is 304 g/mol. The van der Waals surface area contributed by atoms with Gasteiger partial charge in [-0.1, -0.05) is 0 Å². The summed E-state index contributed by atoms with van der Waals surface area (Å²) in [7, 11) is 0. The molecule has 108 valence electrons. The first-order valence-corrected chi connectivity index (χ1v) is 6.16. The lowest BCUT2D eigenvalue weighted by molar-refractivity contribution is 0.906. The number of rotatable bonds is 3. The summed E-state index contributed by atoms with van der Waals surface area (Å²) in [5, 5.41) is 0. The first-order valence-electron chi connectivity index (χ1n) is 6.16. The molecule has 3 aromatic heterocycles. The molecule has 3 aromatic rings. The summed E-state index contributed by atoms with van der Waals surface area (Å²) >= 11 is 0. The van der Waals surface area contributed by atoms with E-state index in [1.54, 1.807) is 18.6 Å². The number of fused-ring (bicyclic) bond motifs is 1. The summed E-state index contributed by atoms with van der Waals surface area (Å²) in [6.07, 6.45) is 6.86. The van der Waals surface area contributed by atoms with Crippen molar-refractivity contribution in [1.82, 2.24) is 24.9 Å². The number of aromatic nitrogens is 5. The first kappa shape index (κ1) is 14.9. The normalized spacial score (nSPS) is 10.3. The molecule has 0 aliphatic carbocycles. The Labute approximate surface area is 127 Å². The summed E-state index contributed by atoms with van der Waals surface area (Å²) in [6.45, 7) is 0. The van der Waals surface area contributed by atoms with E-state index in [2.05, 4.69) is 24.9 Å². The molecule has 0 radical (unpaired) electrons. The minimum Gasteiger partial charge on any atom is -0.382 e. The van der Waals surface area contributed by atoms with Crippen LogP contribution in [0.1, 0.15) is 11.3 Å². The van der Waals surface area contributed by atoms with Crippen LogP contribution in [0.25, 0.3) is 11.2 Å². The predicted molar refractivity (Wildman–Crippen MR) is 82.8 cm³/mol. The molecule has 0 spiro atoms. The van der Waals surface area contributed by atoms with E-state index < -0.39 is 0 Å². The van der Waals surface area contributed by atoms with Gasteiger partial charge in [-0.3, -0.25) is 4.98 Å². The summed E-state index contributed by atoms with van der Waals surface area (Å²) in [5.74, 6) is 0.361. The van der Waals surface area contributed by atoms with Crippen LogP contribution >= 0.6 is 12.4 Å². The average Bonchev–Trinajstić information content (AvgIpc) is 2.46. The number of nitrogens with zero attached hydrogens (tertiary/aromatic N) is 5. The van der Waals surface area contributed by atoms with Gasteiger partial charge in [0.05, 0.1) is 11.9 Å². The number of anilines is 2. The molecule has 21 heavy (non-hydrogen) atoms. The third kappa shape index (κ3) is 3.32. The highest BCUT2D eigenvalue weighted by Crippen LogP contribution is 2.15. The molecule has 0 aliphatic rings. The number of hydrogen-bond donors (Lipinski definition) is 2. The van der Waals surface area contributed by atoms with Gasteiger partial charge in [-0.05, 0) is 30.5 Å². The maximum absolute atomic E-state index is 5.79. The fraction of sp³-hybridized carbons (Fsp3) is 0.154. The van der Waals surface area contributed by atoms with Gasteiger partial charge in [-0.15, -0.1) is 12.4 Å². The first-order chi connectivity index (χ1) is 9.72. The Morgan fingerprint density at radius 1 is 0.952 bits per heavy atom. The van der Waals surface area contributed by atoms with E-state index in [-0.39, 0.29) is 24.2 Å². The molecule has 0 aliphatic heterocycles. The summed E-state index contributed by atoms with van der Waals surface area (Å²) < 4.78 is 0. The zero-order valence-corrected chi connectivity index (χ0v) is 11.9. The smallest absolute Gasteiger partial charge is 0.224 e. The monoisotopic (exact) mass is 303 g/mol. The SMILES string of the molecule is Cl.Nc1nc(N)c2nc(CCc3ccncc3)cnc2n1. The molecule has 3 rings (SSSR count). The van der Waals surface area contributed by atoms with E-state index in [1.165, 1.54) is 5.56 Å². The van der Waals surface area contributed by atoms with Crippen molar-refractivity contribution in [3.8, 4) is 0 Å². The Balaban J connectivity index is 0.00000161. The minimum absolute atomic E-state index is 0. The minimum atomic E-state index is 0. The van der Waals surface area contributed by atoms with Crippen LogP contribution in [0.5, 0.6) is 0 Å². The lowest BCUT2D eigenvalue weighted by Gasteiger charge is -2.04. The zero-order chi connectivity index (χ0) is 13.9. The second-order valence-electron chi connectivity index (χ2n) is 4.36. The van der Waals surface area contributed by atoms with E-state index in [4.69, 9.17) is 11.5 Å². The Bertz CT molecular complexity index is 748. The highest BCUT2D eigenvalue weighted by atomic mass is 35.5. The van der Waals surface area contributed by atoms with E-state index in [0.29, 0.717) is 11.2 Å². The molecule has 0 atom stereocenters. The Morgan fingerprint density at radius 3 is 2.48 bits per heavy atom. The van der Waals surface area contributed by atoms with Gasteiger partial charge in [-0.25, -0.2) is 9.97 Å². The quantitative estimate of drug-likeness (QED) is 0.746. The van der Waals surface area contributed by atoms with Crippen molar-refractivity contribution in [1.29, 1.82) is 0 Å². The van der Waals surface area contributed by atoms with Crippen LogP contribution in [-0.4, -0.2) is 24.9 Å². The molecule has 0 fully saturated rings. The Hall–Kier alpha value is -2.54. The van der Waals surface area contributed by atoms with Gasteiger partial charge in [0, 0.05) is 12.4 Å². The molecule has 0 saturated carbocycles. The molecular weight excluding hydrogens is 290 g/mol. The van der Waals surface area contributed by atoms with Crippen molar-refractivity contribution in [2.24, 2.45) is 0 Å². The van der Waals surface area contributed by atoms with Gasteiger partial charge >= 0.3 is 0 Å². The largest absolute Gasteiger partial charge is 0.382 e. The van der Waals surface area contributed by atoms with E-state index in [1.807, 2.05) is 12.1 Å². The summed E-state index contributed by atoms with van der Waals surface area (Å²) in [4.78, 5) is 20.6. The lowest BCUT2D eigenvalue weighted by Crippen LogP contribution is -2.05. The van der Waals surface area contributed by atoms with Crippen LogP contribution in [0.15, 0.2) is 30.7 Å². The molecule has 8 heteroatoms. The fourth-order valence-corrected chi connectivity index (χ4v) is 1.93. The van der Waals surface area contributed by atoms with Gasteiger partial charge in [0.1, 0.15) is 0 Å².